The monoisotopic (exact) mass is 644 g/mol. The Bertz CT molecular complexity index is 2660. The zero-order valence-corrected chi connectivity index (χ0v) is 28.7. The van der Waals surface area contributed by atoms with E-state index in [9.17, 15) is 0 Å². The maximum Gasteiger partial charge on any atom is 0.227 e. The lowest BCUT2D eigenvalue weighted by molar-refractivity contribution is 0.623. The molecule has 0 fully saturated rings. The molecule has 1 aromatic heterocycles. The van der Waals surface area contributed by atoms with Gasteiger partial charge in [-0.2, -0.15) is 0 Å². The summed E-state index contributed by atoms with van der Waals surface area (Å²) >= 11 is 0. The highest BCUT2D eigenvalue weighted by atomic mass is 16.3. The van der Waals surface area contributed by atoms with E-state index < -0.39 is 0 Å². The Morgan fingerprint density at radius 1 is 0.480 bits per heavy atom. The van der Waals surface area contributed by atoms with Crippen LogP contribution in [0.25, 0.3) is 55.6 Å². The van der Waals surface area contributed by atoms with Crippen molar-refractivity contribution in [2.45, 2.75) is 38.5 Å². The lowest BCUT2D eigenvalue weighted by atomic mass is 9.82. The smallest absolute Gasteiger partial charge is 0.227 e. The number of benzene rings is 7. The maximum atomic E-state index is 6.42. The molecule has 1 heterocycles. The number of fused-ring (bicyclic) bond motifs is 9. The van der Waals surface area contributed by atoms with Gasteiger partial charge in [-0.3, -0.25) is 0 Å². The predicted octanol–water partition coefficient (Wildman–Crippen LogP) is 12.7. The zero-order chi connectivity index (χ0) is 33.8. The SMILES string of the molecule is CC1(C)c2ccccc2-c2cc(N(c3ccc4c(c3)C(C)(C)c3ccccc3-4)c3ccc4c(ccc5nc(-c6ccccc6)oc54)c3)ccc21. The van der Waals surface area contributed by atoms with Gasteiger partial charge in [-0.25, -0.2) is 4.98 Å². The van der Waals surface area contributed by atoms with Crippen molar-refractivity contribution in [3.8, 4) is 33.7 Å². The molecule has 3 nitrogen and oxygen atoms in total. The predicted molar refractivity (Wildman–Crippen MR) is 207 cm³/mol. The van der Waals surface area contributed by atoms with Gasteiger partial charge in [-0.05, 0) is 111 Å². The number of oxazole rings is 1. The average molecular weight is 645 g/mol. The van der Waals surface area contributed by atoms with Crippen LogP contribution in [0.3, 0.4) is 0 Å². The summed E-state index contributed by atoms with van der Waals surface area (Å²) in [6.07, 6.45) is 0. The van der Waals surface area contributed by atoms with Crippen LogP contribution in [0.5, 0.6) is 0 Å². The van der Waals surface area contributed by atoms with Crippen LogP contribution in [0.4, 0.5) is 17.1 Å². The minimum Gasteiger partial charge on any atom is -0.435 e. The summed E-state index contributed by atoms with van der Waals surface area (Å²) < 4.78 is 6.42. The maximum absolute atomic E-state index is 6.42. The summed E-state index contributed by atoms with van der Waals surface area (Å²) in [5, 5.41) is 2.16. The van der Waals surface area contributed by atoms with E-state index in [1.807, 2.05) is 30.3 Å². The molecule has 0 saturated carbocycles. The van der Waals surface area contributed by atoms with Gasteiger partial charge in [0, 0.05) is 38.8 Å². The van der Waals surface area contributed by atoms with E-state index in [0.717, 1.165) is 44.5 Å². The quantitative estimate of drug-likeness (QED) is 0.191. The number of nitrogens with zero attached hydrogens (tertiary/aromatic N) is 2. The summed E-state index contributed by atoms with van der Waals surface area (Å²) in [4.78, 5) is 7.26. The summed E-state index contributed by atoms with van der Waals surface area (Å²) in [5.74, 6) is 0.641. The molecular weight excluding hydrogens is 609 g/mol. The van der Waals surface area contributed by atoms with Gasteiger partial charge in [0.15, 0.2) is 5.58 Å². The van der Waals surface area contributed by atoms with Crippen LogP contribution < -0.4 is 4.90 Å². The molecule has 0 bridgehead atoms. The molecule has 0 amide bonds. The summed E-state index contributed by atoms with van der Waals surface area (Å²) in [6, 6.07) is 52.9. The Balaban J connectivity index is 1.17. The molecule has 0 aliphatic heterocycles. The molecule has 7 aromatic carbocycles. The van der Waals surface area contributed by atoms with Crippen molar-refractivity contribution in [1.29, 1.82) is 0 Å². The molecule has 2 aliphatic carbocycles. The summed E-state index contributed by atoms with van der Waals surface area (Å²) in [5.41, 5.74) is 16.6. The van der Waals surface area contributed by atoms with Gasteiger partial charge in [0.1, 0.15) is 5.52 Å². The van der Waals surface area contributed by atoms with Gasteiger partial charge in [0.25, 0.3) is 0 Å². The van der Waals surface area contributed by atoms with Crippen molar-refractivity contribution in [3.63, 3.8) is 0 Å². The van der Waals surface area contributed by atoms with E-state index in [1.165, 1.54) is 44.5 Å². The van der Waals surface area contributed by atoms with E-state index in [1.54, 1.807) is 0 Å². The highest BCUT2D eigenvalue weighted by Gasteiger charge is 2.37. The molecule has 50 heavy (non-hydrogen) atoms. The lowest BCUT2D eigenvalue weighted by Gasteiger charge is -2.29. The second kappa shape index (κ2) is 10.3. The Morgan fingerprint density at radius 3 is 1.84 bits per heavy atom. The molecule has 0 radical (unpaired) electrons. The number of hydrogen-bond acceptors (Lipinski definition) is 3. The molecule has 0 atom stereocenters. The number of anilines is 3. The average Bonchev–Trinajstić information content (AvgIpc) is 3.76. The van der Waals surface area contributed by atoms with Crippen molar-refractivity contribution < 1.29 is 4.42 Å². The second-order valence-corrected chi connectivity index (χ2v) is 14.8. The molecule has 0 N–H and O–H groups in total. The first-order chi connectivity index (χ1) is 24.3. The normalized spacial score (nSPS) is 14.7. The molecule has 3 heteroatoms. The Kier molecular flexibility index (Phi) is 5.97. The third-order valence-corrected chi connectivity index (χ3v) is 11.3. The van der Waals surface area contributed by atoms with Gasteiger partial charge in [-0.15, -0.1) is 0 Å². The van der Waals surface area contributed by atoms with E-state index in [4.69, 9.17) is 9.40 Å². The molecule has 2 aliphatic rings. The lowest BCUT2D eigenvalue weighted by Crippen LogP contribution is -2.17. The van der Waals surface area contributed by atoms with Crippen LogP contribution in [0.15, 0.2) is 150 Å². The molecule has 0 spiro atoms. The third-order valence-electron chi connectivity index (χ3n) is 11.3. The standard InChI is InChI=1S/C47H36N2O/c1-46(2)40-17-11-9-15-36(40)38-27-32(21-24-41(38)46)49(33-20-23-37-35-14-8-10-16-39(35)47(3,4)42(37)28-33)31-19-22-34-30(26-31)18-25-43-44(34)50-45(48-43)29-12-6-5-7-13-29/h5-28H,1-4H3. The molecule has 0 unspecified atom stereocenters. The largest absolute Gasteiger partial charge is 0.435 e. The number of hydrogen-bond donors (Lipinski definition) is 0. The fraction of sp³-hybridized carbons (Fsp3) is 0.128. The topological polar surface area (TPSA) is 29.3 Å². The van der Waals surface area contributed by atoms with Crippen LogP contribution in [-0.2, 0) is 10.8 Å². The number of rotatable bonds is 4. The first kappa shape index (κ1) is 29.0. The summed E-state index contributed by atoms with van der Waals surface area (Å²) in [6.45, 7) is 9.38. The van der Waals surface area contributed by atoms with Crippen LogP contribution >= 0.6 is 0 Å². The van der Waals surface area contributed by atoms with E-state index >= 15 is 0 Å². The first-order valence-electron chi connectivity index (χ1n) is 17.5. The highest BCUT2D eigenvalue weighted by molar-refractivity contribution is 6.05. The molecule has 10 rings (SSSR count). The van der Waals surface area contributed by atoms with Crippen molar-refractivity contribution in [3.05, 3.63) is 168 Å². The Morgan fingerprint density at radius 2 is 1.06 bits per heavy atom. The van der Waals surface area contributed by atoms with Crippen molar-refractivity contribution >= 4 is 38.9 Å². The fourth-order valence-electron chi connectivity index (χ4n) is 8.67. The van der Waals surface area contributed by atoms with Gasteiger partial charge < -0.3 is 9.32 Å². The Hall–Kier alpha value is -5.93. The van der Waals surface area contributed by atoms with Crippen LogP contribution in [0.2, 0.25) is 0 Å². The van der Waals surface area contributed by atoms with Crippen LogP contribution in [0.1, 0.15) is 49.9 Å². The van der Waals surface area contributed by atoms with Crippen molar-refractivity contribution in [2.24, 2.45) is 0 Å². The second-order valence-electron chi connectivity index (χ2n) is 14.8. The minimum absolute atomic E-state index is 0.0529. The van der Waals surface area contributed by atoms with Gasteiger partial charge in [0.05, 0.1) is 0 Å². The Labute approximate surface area is 292 Å². The molecular formula is C47H36N2O. The van der Waals surface area contributed by atoms with Gasteiger partial charge in [0.2, 0.25) is 5.89 Å². The van der Waals surface area contributed by atoms with Gasteiger partial charge >= 0.3 is 0 Å². The van der Waals surface area contributed by atoms with Crippen molar-refractivity contribution in [2.75, 3.05) is 4.90 Å². The van der Waals surface area contributed by atoms with Crippen LogP contribution in [-0.4, -0.2) is 4.98 Å². The van der Waals surface area contributed by atoms with Crippen LogP contribution in [0, 0.1) is 0 Å². The first-order valence-corrected chi connectivity index (χ1v) is 17.5. The third kappa shape index (κ3) is 4.07. The zero-order valence-electron chi connectivity index (χ0n) is 28.7. The molecule has 0 saturated heterocycles. The number of aromatic nitrogens is 1. The highest BCUT2D eigenvalue weighted by Crippen LogP contribution is 2.53. The molecule has 8 aromatic rings. The van der Waals surface area contributed by atoms with Crippen molar-refractivity contribution in [1.82, 2.24) is 4.98 Å². The fourth-order valence-corrected chi connectivity index (χ4v) is 8.67. The molecule has 240 valence electrons. The minimum atomic E-state index is -0.105. The van der Waals surface area contributed by atoms with E-state index in [0.29, 0.717) is 5.89 Å². The summed E-state index contributed by atoms with van der Waals surface area (Å²) in [7, 11) is 0. The van der Waals surface area contributed by atoms with E-state index in [-0.39, 0.29) is 10.8 Å². The van der Waals surface area contributed by atoms with E-state index in [2.05, 4.69) is 148 Å². The van der Waals surface area contributed by atoms with Gasteiger partial charge in [-0.1, -0.05) is 113 Å².